The highest BCUT2D eigenvalue weighted by Gasteiger charge is 2.22. The van der Waals surface area contributed by atoms with Crippen LogP contribution in [0.25, 0.3) is 0 Å². The van der Waals surface area contributed by atoms with Crippen LogP contribution in [-0.2, 0) is 18.5 Å². The van der Waals surface area contributed by atoms with Crippen LogP contribution in [-0.4, -0.2) is 26.0 Å². The highest BCUT2D eigenvalue weighted by Crippen LogP contribution is 2.48. The summed E-state index contributed by atoms with van der Waals surface area (Å²) in [5.41, 5.74) is 0. The van der Waals surface area contributed by atoms with Crippen LogP contribution in [0.4, 0.5) is 0 Å². The molecule has 0 aliphatic carbocycles. The summed E-state index contributed by atoms with van der Waals surface area (Å²) in [6.07, 6.45) is 12.5. The summed E-state index contributed by atoms with van der Waals surface area (Å²) in [4.78, 5) is 4.54. The molecule has 0 heterocycles. The molecule has 134 valence electrons. The number of hydrogen-bond acceptors (Lipinski definition) is 5. The average Bonchev–Trinajstić information content (AvgIpc) is 2.49. The van der Waals surface area contributed by atoms with E-state index in [2.05, 4.69) is 4.84 Å². The van der Waals surface area contributed by atoms with Crippen molar-refractivity contribution in [3.05, 3.63) is 0 Å². The van der Waals surface area contributed by atoms with Crippen LogP contribution in [0.2, 0.25) is 0 Å². The molecule has 0 aromatic carbocycles. The minimum absolute atomic E-state index is 0.453. The molecule has 0 rings (SSSR count). The minimum atomic E-state index is -2.82. The van der Waals surface area contributed by atoms with Crippen LogP contribution in [0.5, 0.6) is 0 Å². The van der Waals surface area contributed by atoms with E-state index >= 15 is 0 Å². The van der Waals surface area contributed by atoms with Crippen molar-refractivity contribution in [2.24, 2.45) is 5.90 Å². The molecule has 0 aromatic heterocycles. The van der Waals surface area contributed by atoms with E-state index in [1.165, 1.54) is 44.9 Å². The van der Waals surface area contributed by atoms with Crippen molar-refractivity contribution in [1.29, 1.82) is 0 Å². The summed E-state index contributed by atoms with van der Waals surface area (Å²) < 4.78 is 22.8. The van der Waals surface area contributed by atoms with Crippen molar-refractivity contribution >= 4 is 7.60 Å². The zero-order valence-corrected chi connectivity index (χ0v) is 15.5. The van der Waals surface area contributed by atoms with Crippen LogP contribution in [0.3, 0.4) is 0 Å². The van der Waals surface area contributed by atoms with Gasteiger partial charge in [-0.15, -0.1) is 0 Å². The van der Waals surface area contributed by atoms with Gasteiger partial charge in [0.25, 0.3) is 0 Å². The summed E-state index contributed by atoms with van der Waals surface area (Å²) in [7, 11) is -2.82. The zero-order valence-electron chi connectivity index (χ0n) is 14.6. The van der Waals surface area contributed by atoms with Gasteiger partial charge in [0.2, 0.25) is 0 Å². The third-order valence-corrected chi connectivity index (χ3v) is 5.76. The molecule has 0 atom stereocenters. The first-order chi connectivity index (χ1) is 10.7. The SMILES string of the molecule is CCOP(=O)(CCCCCCCCCCCCON)OCC. The van der Waals surface area contributed by atoms with Crippen LogP contribution in [0, 0.1) is 0 Å². The molecule has 0 saturated heterocycles. The Labute approximate surface area is 136 Å². The third kappa shape index (κ3) is 13.7. The van der Waals surface area contributed by atoms with E-state index < -0.39 is 7.60 Å². The highest BCUT2D eigenvalue weighted by atomic mass is 31.2. The quantitative estimate of drug-likeness (QED) is 0.229. The van der Waals surface area contributed by atoms with Gasteiger partial charge in [-0.25, -0.2) is 5.90 Å². The normalized spacial score (nSPS) is 12.0. The molecule has 0 saturated carbocycles. The van der Waals surface area contributed by atoms with E-state index in [0.717, 1.165) is 19.3 Å². The second-order valence-corrected chi connectivity index (χ2v) is 7.76. The van der Waals surface area contributed by atoms with Gasteiger partial charge in [-0.05, 0) is 26.7 Å². The molecule has 6 heteroatoms. The lowest BCUT2D eigenvalue weighted by molar-refractivity contribution is 0.133. The van der Waals surface area contributed by atoms with Gasteiger partial charge in [0, 0.05) is 0 Å². The fourth-order valence-electron chi connectivity index (χ4n) is 2.46. The zero-order chi connectivity index (χ0) is 16.5. The smallest absolute Gasteiger partial charge is 0.309 e. The van der Waals surface area contributed by atoms with Gasteiger partial charge >= 0.3 is 7.60 Å². The molecule has 0 spiro atoms. The van der Waals surface area contributed by atoms with Crippen molar-refractivity contribution in [2.75, 3.05) is 26.0 Å². The molecule has 0 fully saturated rings. The van der Waals surface area contributed by atoms with Gasteiger partial charge in [0.1, 0.15) is 0 Å². The van der Waals surface area contributed by atoms with Crippen molar-refractivity contribution in [3.63, 3.8) is 0 Å². The lowest BCUT2D eigenvalue weighted by Crippen LogP contribution is -2.00. The van der Waals surface area contributed by atoms with Crippen LogP contribution < -0.4 is 5.90 Å². The summed E-state index contributed by atoms with van der Waals surface area (Å²) in [6.45, 7) is 5.29. The summed E-state index contributed by atoms with van der Waals surface area (Å²) in [5, 5.41) is 0. The maximum Gasteiger partial charge on any atom is 0.330 e. The van der Waals surface area contributed by atoms with Gasteiger partial charge < -0.3 is 13.9 Å². The molecular formula is C16H36NO4P. The first kappa shape index (κ1) is 22.1. The molecule has 5 nitrogen and oxygen atoms in total. The Morgan fingerprint density at radius 1 is 0.727 bits per heavy atom. The molecule has 0 radical (unpaired) electrons. The maximum absolute atomic E-state index is 12.2. The Kier molecular flexibility index (Phi) is 16.0. The Balaban J connectivity index is 3.36. The van der Waals surface area contributed by atoms with Crippen molar-refractivity contribution in [3.8, 4) is 0 Å². The molecule has 0 aliphatic rings. The van der Waals surface area contributed by atoms with Gasteiger partial charge in [-0.2, -0.15) is 0 Å². The number of rotatable bonds is 17. The standard InChI is InChI=1S/C16H36NO4P/c1-3-20-22(18,21-4-2)16-14-12-10-8-6-5-7-9-11-13-15-19-17/h3-17H2,1-2H3. The first-order valence-electron chi connectivity index (χ1n) is 8.88. The summed E-state index contributed by atoms with van der Waals surface area (Å²) >= 11 is 0. The largest absolute Gasteiger partial charge is 0.330 e. The van der Waals surface area contributed by atoms with Crippen LogP contribution >= 0.6 is 7.60 Å². The second kappa shape index (κ2) is 15.9. The monoisotopic (exact) mass is 337 g/mol. The Morgan fingerprint density at radius 2 is 1.14 bits per heavy atom. The van der Waals surface area contributed by atoms with Gasteiger partial charge in [0.05, 0.1) is 26.0 Å². The average molecular weight is 337 g/mol. The van der Waals surface area contributed by atoms with Crippen molar-refractivity contribution in [1.82, 2.24) is 0 Å². The fraction of sp³-hybridized carbons (Fsp3) is 1.00. The molecular weight excluding hydrogens is 301 g/mol. The van der Waals surface area contributed by atoms with E-state index in [9.17, 15) is 4.57 Å². The number of nitrogens with two attached hydrogens (primary N) is 1. The van der Waals surface area contributed by atoms with Crippen LogP contribution in [0.1, 0.15) is 78.1 Å². The predicted molar refractivity (Wildman–Crippen MR) is 92.0 cm³/mol. The van der Waals surface area contributed by atoms with Crippen LogP contribution in [0.15, 0.2) is 0 Å². The minimum Gasteiger partial charge on any atom is -0.309 e. The first-order valence-corrected chi connectivity index (χ1v) is 10.6. The Morgan fingerprint density at radius 3 is 1.55 bits per heavy atom. The highest BCUT2D eigenvalue weighted by molar-refractivity contribution is 7.53. The van der Waals surface area contributed by atoms with Crippen molar-refractivity contribution in [2.45, 2.75) is 78.1 Å². The predicted octanol–water partition coefficient (Wildman–Crippen LogP) is 5.04. The molecule has 0 amide bonds. The molecule has 22 heavy (non-hydrogen) atoms. The Bertz CT molecular complexity index is 267. The topological polar surface area (TPSA) is 70.8 Å². The maximum atomic E-state index is 12.2. The van der Waals surface area contributed by atoms with Gasteiger partial charge in [-0.3, -0.25) is 4.57 Å². The molecule has 0 aromatic rings. The molecule has 0 bridgehead atoms. The lowest BCUT2D eigenvalue weighted by atomic mass is 10.1. The lowest BCUT2D eigenvalue weighted by Gasteiger charge is -2.16. The van der Waals surface area contributed by atoms with E-state index in [-0.39, 0.29) is 0 Å². The molecule has 2 N–H and O–H groups in total. The van der Waals surface area contributed by atoms with Gasteiger partial charge in [-0.1, -0.05) is 51.4 Å². The number of hydrogen-bond donors (Lipinski definition) is 1. The van der Waals surface area contributed by atoms with E-state index in [4.69, 9.17) is 14.9 Å². The van der Waals surface area contributed by atoms with Crippen molar-refractivity contribution < 1.29 is 18.5 Å². The van der Waals surface area contributed by atoms with E-state index in [0.29, 0.717) is 26.0 Å². The van der Waals surface area contributed by atoms with E-state index in [1.807, 2.05) is 13.8 Å². The fourth-order valence-corrected chi connectivity index (χ4v) is 4.20. The third-order valence-electron chi connectivity index (χ3n) is 3.60. The summed E-state index contributed by atoms with van der Waals surface area (Å²) in [6, 6.07) is 0. The number of unbranched alkanes of at least 4 members (excludes halogenated alkanes) is 9. The molecule has 0 aliphatic heterocycles. The second-order valence-electron chi connectivity index (χ2n) is 5.58. The Hall–Kier alpha value is 0.0700. The molecule has 0 unspecified atom stereocenters. The van der Waals surface area contributed by atoms with E-state index in [1.54, 1.807) is 0 Å². The van der Waals surface area contributed by atoms with Gasteiger partial charge in [0.15, 0.2) is 0 Å². The summed E-state index contributed by atoms with van der Waals surface area (Å²) in [5.74, 6) is 4.98.